The van der Waals surface area contributed by atoms with Crippen LogP contribution in [0.25, 0.3) is 0 Å². The zero-order chi connectivity index (χ0) is 14.5. The molecule has 20 heavy (non-hydrogen) atoms. The van der Waals surface area contributed by atoms with E-state index >= 15 is 0 Å². The van der Waals surface area contributed by atoms with Gasteiger partial charge in [0.05, 0.1) is 14.2 Å². The Bertz CT molecular complexity index is 460. The molecular formula is C15H23ClN2O2. The number of ether oxygens (including phenoxy) is 2. The second-order valence-electron chi connectivity index (χ2n) is 5.04. The predicted molar refractivity (Wildman–Crippen MR) is 82.3 cm³/mol. The van der Waals surface area contributed by atoms with Gasteiger partial charge in [0.15, 0.2) is 11.5 Å². The van der Waals surface area contributed by atoms with E-state index in [-0.39, 0.29) is 0 Å². The van der Waals surface area contributed by atoms with Crippen molar-refractivity contribution < 1.29 is 9.47 Å². The molecule has 0 amide bonds. The van der Waals surface area contributed by atoms with Crippen molar-refractivity contribution in [1.29, 1.82) is 0 Å². The summed E-state index contributed by atoms with van der Waals surface area (Å²) >= 11 is 6.29. The van der Waals surface area contributed by atoms with Crippen molar-refractivity contribution in [1.82, 2.24) is 10.2 Å². The maximum atomic E-state index is 6.29. The van der Waals surface area contributed by atoms with Gasteiger partial charge < -0.3 is 19.7 Å². The maximum Gasteiger partial charge on any atom is 0.164 e. The summed E-state index contributed by atoms with van der Waals surface area (Å²) in [6.07, 6.45) is 0.923. The molecule has 1 aromatic rings. The molecule has 0 aliphatic carbocycles. The van der Waals surface area contributed by atoms with Crippen molar-refractivity contribution in [3.05, 3.63) is 22.2 Å². The van der Waals surface area contributed by atoms with Crippen molar-refractivity contribution in [2.45, 2.75) is 13.3 Å². The van der Waals surface area contributed by atoms with Crippen LogP contribution in [0.2, 0.25) is 5.02 Å². The number of hydrogen-bond donors (Lipinski definition) is 1. The number of piperazine rings is 1. The van der Waals surface area contributed by atoms with Gasteiger partial charge in [0, 0.05) is 49.4 Å². The Morgan fingerprint density at radius 3 is 2.55 bits per heavy atom. The van der Waals surface area contributed by atoms with Crippen LogP contribution in [0.4, 0.5) is 0 Å². The number of benzene rings is 1. The number of halogens is 1. The number of hydrogen-bond acceptors (Lipinski definition) is 4. The fourth-order valence-corrected chi connectivity index (χ4v) is 2.85. The Morgan fingerprint density at radius 2 is 1.95 bits per heavy atom. The van der Waals surface area contributed by atoms with E-state index in [1.807, 2.05) is 13.0 Å². The summed E-state index contributed by atoms with van der Waals surface area (Å²) < 4.78 is 10.9. The smallest absolute Gasteiger partial charge is 0.164 e. The average molecular weight is 299 g/mol. The van der Waals surface area contributed by atoms with Gasteiger partial charge in [-0.15, -0.1) is 0 Å². The predicted octanol–water partition coefficient (Wildman–Crippen LogP) is 2.11. The summed E-state index contributed by atoms with van der Waals surface area (Å²) in [7, 11) is 3.32. The molecule has 1 heterocycles. The van der Waals surface area contributed by atoms with E-state index in [2.05, 4.69) is 10.2 Å². The quantitative estimate of drug-likeness (QED) is 0.903. The van der Waals surface area contributed by atoms with Gasteiger partial charge in [0.1, 0.15) is 0 Å². The second-order valence-corrected chi connectivity index (χ2v) is 5.45. The fourth-order valence-electron chi connectivity index (χ4n) is 2.63. The fraction of sp³-hybridized carbons (Fsp3) is 0.600. The molecule has 0 bridgehead atoms. The zero-order valence-corrected chi connectivity index (χ0v) is 13.2. The molecule has 0 spiro atoms. The Morgan fingerprint density at radius 1 is 1.25 bits per heavy atom. The normalized spacial score (nSPS) is 16.2. The molecular weight excluding hydrogens is 276 g/mol. The van der Waals surface area contributed by atoms with Gasteiger partial charge in [-0.3, -0.25) is 0 Å². The maximum absolute atomic E-state index is 6.29. The van der Waals surface area contributed by atoms with Crippen LogP contribution in [0, 0.1) is 6.92 Å². The molecule has 5 heteroatoms. The molecule has 112 valence electrons. The van der Waals surface area contributed by atoms with Crippen LogP contribution in [-0.4, -0.2) is 51.8 Å². The Labute approximate surface area is 126 Å². The summed E-state index contributed by atoms with van der Waals surface area (Å²) in [6.45, 7) is 7.38. The third-order valence-electron chi connectivity index (χ3n) is 3.88. The van der Waals surface area contributed by atoms with Gasteiger partial charge in [0.2, 0.25) is 0 Å². The number of nitrogens with one attached hydrogen (secondary N) is 1. The minimum absolute atomic E-state index is 0.707. The van der Waals surface area contributed by atoms with Crippen LogP contribution < -0.4 is 14.8 Å². The highest BCUT2D eigenvalue weighted by Gasteiger charge is 2.17. The molecule has 4 nitrogen and oxygen atoms in total. The molecule has 0 aromatic heterocycles. The highest BCUT2D eigenvalue weighted by molar-refractivity contribution is 6.31. The molecule has 1 saturated heterocycles. The van der Waals surface area contributed by atoms with Crippen molar-refractivity contribution in [2.75, 3.05) is 46.9 Å². The lowest BCUT2D eigenvalue weighted by Gasteiger charge is -2.27. The summed E-state index contributed by atoms with van der Waals surface area (Å²) in [5.74, 6) is 1.52. The van der Waals surface area contributed by atoms with Crippen LogP contribution >= 0.6 is 11.6 Å². The van der Waals surface area contributed by atoms with Crippen molar-refractivity contribution in [3.8, 4) is 11.5 Å². The monoisotopic (exact) mass is 298 g/mol. The lowest BCUT2D eigenvalue weighted by atomic mass is 10.0. The van der Waals surface area contributed by atoms with Gasteiger partial charge in [-0.05, 0) is 18.9 Å². The molecule has 1 aliphatic heterocycles. The van der Waals surface area contributed by atoms with Gasteiger partial charge >= 0.3 is 0 Å². The largest absolute Gasteiger partial charge is 0.493 e. The summed E-state index contributed by atoms with van der Waals surface area (Å²) in [4.78, 5) is 2.46. The highest BCUT2D eigenvalue weighted by atomic mass is 35.5. The molecule has 0 radical (unpaired) electrons. The van der Waals surface area contributed by atoms with Crippen LogP contribution in [0.1, 0.15) is 11.1 Å². The first-order valence-electron chi connectivity index (χ1n) is 7.00. The Hall–Kier alpha value is -0.970. The summed E-state index contributed by atoms with van der Waals surface area (Å²) in [5.41, 5.74) is 2.23. The Kier molecular flexibility index (Phi) is 5.52. The first-order chi connectivity index (χ1) is 9.67. The van der Waals surface area contributed by atoms with E-state index < -0.39 is 0 Å². The molecule has 1 N–H and O–H groups in total. The molecule has 0 saturated carbocycles. The third-order valence-corrected chi connectivity index (χ3v) is 4.27. The number of nitrogens with zero attached hydrogens (tertiary/aromatic N) is 1. The lowest BCUT2D eigenvalue weighted by molar-refractivity contribution is 0.242. The third kappa shape index (κ3) is 3.37. The average Bonchev–Trinajstić information content (AvgIpc) is 2.49. The van der Waals surface area contributed by atoms with Gasteiger partial charge in [-0.1, -0.05) is 11.6 Å². The van der Waals surface area contributed by atoms with Crippen molar-refractivity contribution in [2.24, 2.45) is 0 Å². The van der Waals surface area contributed by atoms with E-state index in [9.17, 15) is 0 Å². The summed E-state index contributed by atoms with van der Waals surface area (Å²) in [6, 6.07) is 1.82. The minimum Gasteiger partial charge on any atom is -0.493 e. The first-order valence-corrected chi connectivity index (χ1v) is 7.38. The van der Waals surface area contributed by atoms with Crippen LogP contribution in [0.5, 0.6) is 11.5 Å². The van der Waals surface area contributed by atoms with E-state index in [1.54, 1.807) is 14.2 Å². The van der Waals surface area contributed by atoms with E-state index in [0.29, 0.717) is 5.75 Å². The number of methoxy groups -OCH3 is 2. The Balaban J connectivity index is 2.18. The SMILES string of the molecule is COc1cc(Cl)c(C)c(CCN2CCNCC2)c1OC. The van der Waals surface area contributed by atoms with Gasteiger partial charge in [-0.25, -0.2) is 0 Å². The minimum atomic E-state index is 0.707. The van der Waals surface area contributed by atoms with E-state index in [1.165, 1.54) is 0 Å². The first kappa shape index (κ1) is 15.4. The van der Waals surface area contributed by atoms with Crippen molar-refractivity contribution >= 4 is 11.6 Å². The molecule has 0 atom stereocenters. The molecule has 0 unspecified atom stereocenters. The highest BCUT2D eigenvalue weighted by Crippen LogP contribution is 2.38. The van der Waals surface area contributed by atoms with Crippen LogP contribution in [-0.2, 0) is 6.42 Å². The zero-order valence-electron chi connectivity index (χ0n) is 12.5. The van der Waals surface area contributed by atoms with Crippen LogP contribution in [0.15, 0.2) is 6.07 Å². The lowest BCUT2D eigenvalue weighted by Crippen LogP contribution is -2.44. The van der Waals surface area contributed by atoms with Gasteiger partial charge in [-0.2, -0.15) is 0 Å². The molecule has 1 aromatic carbocycles. The molecule has 1 fully saturated rings. The van der Waals surface area contributed by atoms with Crippen molar-refractivity contribution in [3.63, 3.8) is 0 Å². The topological polar surface area (TPSA) is 33.7 Å². The van der Waals surface area contributed by atoms with E-state index in [4.69, 9.17) is 21.1 Å². The van der Waals surface area contributed by atoms with E-state index in [0.717, 1.165) is 61.0 Å². The van der Waals surface area contributed by atoms with Crippen LogP contribution in [0.3, 0.4) is 0 Å². The summed E-state index contributed by atoms with van der Waals surface area (Å²) in [5, 5.41) is 4.10. The number of rotatable bonds is 5. The molecule has 2 rings (SSSR count). The second kappa shape index (κ2) is 7.16. The molecule has 1 aliphatic rings. The standard InChI is InChI=1S/C15H23ClN2O2/c1-11-12(4-7-18-8-5-17-6-9-18)15(20-3)14(19-2)10-13(11)16/h10,17H,4-9H2,1-3H3. The van der Waals surface area contributed by atoms with Gasteiger partial charge in [0.25, 0.3) is 0 Å².